The number of aliphatic carboxylic acids is 1. The molecule has 1 N–H and O–H groups in total. The van der Waals surface area contributed by atoms with E-state index in [9.17, 15) is 9.59 Å². The van der Waals surface area contributed by atoms with Crippen LogP contribution in [-0.4, -0.2) is 59.5 Å². The molecule has 5 nitrogen and oxygen atoms in total. The molecule has 0 bridgehead atoms. The molecule has 0 radical (unpaired) electrons. The average Bonchev–Trinajstić information content (AvgIpc) is 2.44. The van der Waals surface area contributed by atoms with Crippen LogP contribution in [0.15, 0.2) is 0 Å². The third-order valence-corrected chi connectivity index (χ3v) is 5.13. The first-order valence-electron chi connectivity index (χ1n) is 8.13. The number of carbonyl (C=O) groups excluding carboxylic acids is 1. The van der Waals surface area contributed by atoms with Gasteiger partial charge in [0.25, 0.3) is 0 Å². The summed E-state index contributed by atoms with van der Waals surface area (Å²) in [7, 11) is 0. The zero-order chi connectivity index (χ0) is 15.5. The van der Waals surface area contributed by atoms with Gasteiger partial charge in [-0.25, -0.2) is 0 Å². The molecule has 2 rings (SSSR count). The van der Waals surface area contributed by atoms with Gasteiger partial charge in [-0.3, -0.25) is 14.5 Å². The van der Waals surface area contributed by atoms with E-state index in [1.807, 2.05) is 4.90 Å². The van der Waals surface area contributed by atoms with Crippen molar-refractivity contribution in [2.75, 3.05) is 32.7 Å². The zero-order valence-corrected chi connectivity index (χ0v) is 13.3. The molecular formula is C16H28N2O3. The number of hydrogen-bond acceptors (Lipinski definition) is 3. The molecule has 0 aromatic carbocycles. The lowest BCUT2D eigenvalue weighted by atomic mass is 9.68. The van der Waals surface area contributed by atoms with Crippen molar-refractivity contribution in [3.8, 4) is 0 Å². The second-order valence-electron chi connectivity index (χ2n) is 7.10. The molecule has 1 heterocycles. The third kappa shape index (κ3) is 4.19. The summed E-state index contributed by atoms with van der Waals surface area (Å²) >= 11 is 0. The molecule has 5 heteroatoms. The van der Waals surface area contributed by atoms with Gasteiger partial charge in [0.2, 0.25) is 5.91 Å². The fourth-order valence-electron chi connectivity index (χ4n) is 3.62. The molecule has 2 aliphatic rings. The Labute approximate surface area is 127 Å². The largest absolute Gasteiger partial charge is 0.481 e. The predicted molar refractivity (Wildman–Crippen MR) is 81.0 cm³/mol. The van der Waals surface area contributed by atoms with Crippen LogP contribution in [0.25, 0.3) is 0 Å². The lowest BCUT2D eigenvalue weighted by molar-refractivity contribution is -0.143. The zero-order valence-electron chi connectivity index (χ0n) is 13.3. The molecule has 21 heavy (non-hydrogen) atoms. The summed E-state index contributed by atoms with van der Waals surface area (Å²) in [4.78, 5) is 27.5. The molecule has 0 aromatic heterocycles. The maximum Gasteiger partial charge on any atom is 0.304 e. The summed E-state index contributed by atoms with van der Waals surface area (Å²) in [5, 5.41) is 8.72. The standard InChI is InChI=1S/C16H28N2O3/c1-16(2)7-4-3-5-13(16)15(21)18-11-9-17(10-12-18)8-6-14(19)20/h13H,3-12H2,1-2H3,(H,19,20). The van der Waals surface area contributed by atoms with Crippen molar-refractivity contribution in [1.82, 2.24) is 9.80 Å². The van der Waals surface area contributed by atoms with Crippen molar-refractivity contribution < 1.29 is 14.7 Å². The lowest BCUT2D eigenvalue weighted by Gasteiger charge is -2.42. The minimum absolute atomic E-state index is 0.121. The molecule has 1 atom stereocenters. The fourth-order valence-corrected chi connectivity index (χ4v) is 3.62. The number of rotatable bonds is 4. The van der Waals surface area contributed by atoms with Crippen LogP contribution in [0.1, 0.15) is 46.0 Å². The summed E-state index contributed by atoms with van der Waals surface area (Å²) in [6, 6.07) is 0. The lowest BCUT2D eigenvalue weighted by Crippen LogP contribution is -2.52. The van der Waals surface area contributed by atoms with Crippen molar-refractivity contribution >= 4 is 11.9 Å². The van der Waals surface area contributed by atoms with Crippen molar-refractivity contribution in [2.24, 2.45) is 11.3 Å². The monoisotopic (exact) mass is 296 g/mol. The van der Waals surface area contributed by atoms with Gasteiger partial charge in [-0.15, -0.1) is 0 Å². The minimum Gasteiger partial charge on any atom is -0.481 e. The molecule has 1 saturated heterocycles. The molecule has 1 unspecified atom stereocenters. The van der Waals surface area contributed by atoms with E-state index >= 15 is 0 Å². The van der Waals surface area contributed by atoms with Crippen molar-refractivity contribution in [2.45, 2.75) is 46.0 Å². The Bertz CT molecular complexity index is 387. The van der Waals surface area contributed by atoms with Crippen LogP contribution in [0.4, 0.5) is 0 Å². The normalized spacial score (nSPS) is 26.6. The molecule has 1 amide bonds. The van der Waals surface area contributed by atoms with Gasteiger partial charge in [0.05, 0.1) is 6.42 Å². The summed E-state index contributed by atoms with van der Waals surface area (Å²) in [6.45, 7) is 8.11. The highest BCUT2D eigenvalue weighted by atomic mass is 16.4. The van der Waals surface area contributed by atoms with Crippen LogP contribution < -0.4 is 0 Å². The molecule has 0 aromatic rings. The Hall–Kier alpha value is -1.10. The van der Waals surface area contributed by atoms with Crippen LogP contribution in [0.5, 0.6) is 0 Å². The van der Waals surface area contributed by atoms with E-state index < -0.39 is 5.97 Å². The van der Waals surface area contributed by atoms with E-state index in [0.717, 1.165) is 39.0 Å². The number of nitrogens with zero attached hydrogens (tertiary/aromatic N) is 2. The Morgan fingerprint density at radius 3 is 2.38 bits per heavy atom. The second kappa shape index (κ2) is 6.77. The number of piperazine rings is 1. The Kier molecular flexibility index (Phi) is 5.25. The van der Waals surface area contributed by atoms with Gasteiger partial charge in [0.1, 0.15) is 0 Å². The van der Waals surface area contributed by atoms with E-state index in [2.05, 4.69) is 18.7 Å². The number of carboxylic acid groups (broad SMARTS) is 1. The highest BCUT2D eigenvalue weighted by Gasteiger charge is 2.39. The minimum atomic E-state index is -0.752. The van der Waals surface area contributed by atoms with Gasteiger partial charge in [-0.1, -0.05) is 26.7 Å². The molecule has 0 spiro atoms. The summed E-state index contributed by atoms with van der Waals surface area (Å²) in [5.74, 6) is -0.271. The number of carbonyl (C=O) groups is 2. The molecular weight excluding hydrogens is 268 g/mol. The predicted octanol–water partition coefficient (Wildman–Crippen LogP) is 1.82. The van der Waals surface area contributed by atoms with Crippen LogP contribution in [0.3, 0.4) is 0 Å². The van der Waals surface area contributed by atoms with Gasteiger partial charge in [0, 0.05) is 38.6 Å². The van der Waals surface area contributed by atoms with E-state index in [1.165, 1.54) is 12.8 Å². The van der Waals surface area contributed by atoms with E-state index in [-0.39, 0.29) is 17.8 Å². The smallest absolute Gasteiger partial charge is 0.304 e. The Morgan fingerprint density at radius 1 is 1.14 bits per heavy atom. The van der Waals surface area contributed by atoms with E-state index in [0.29, 0.717) is 12.5 Å². The van der Waals surface area contributed by atoms with Gasteiger partial charge >= 0.3 is 5.97 Å². The summed E-state index contributed by atoms with van der Waals surface area (Å²) < 4.78 is 0. The quantitative estimate of drug-likeness (QED) is 0.859. The van der Waals surface area contributed by atoms with Gasteiger partial charge in [-0.2, -0.15) is 0 Å². The van der Waals surface area contributed by atoms with Crippen LogP contribution >= 0.6 is 0 Å². The molecule has 1 saturated carbocycles. The maximum atomic E-state index is 12.8. The molecule has 2 fully saturated rings. The first-order chi connectivity index (χ1) is 9.90. The Balaban J connectivity index is 1.84. The highest BCUT2D eigenvalue weighted by molar-refractivity contribution is 5.80. The van der Waals surface area contributed by atoms with E-state index in [4.69, 9.17) is 5.11 Å². The number of carboxylic acids is 1. The van der Waals surface area contributed by atoms with Crippen molar-refractivity contribution in [3.63, 3.8) is 0 Å². The Morgan fingerprint density at radius 2 is 1.81 bits per heavy atom. The molecule has 120 valence electrons. The summed E-state index contributed by atoms with van der Waals surface area (Å²) in [5.41, 5.74) is 0.121. The van der Waals surface area contributed by atoms with Crippen molar-refractivity contribution in [1.29, 1.82) is 0 Å². The second-order valence-corrected chi connectivity index (χ2v) is 7.10. The van der Waals surface area contributed by atoms with Gasteiger partial charge in [0.15, 0.2) is 0 Å². The number of amides is 1. The highest BCUT2D eigenvalue weighted by Crippen LogP contribution is 2.41. The van der Waals surface area contributed by atoms with Crippen LogP contribution in [-0.2, 0) is 9.59 Å². The van der Waals surface area contributed by atoms with E-state index in [1.54, 1.807) is 0 Å². The van der Waals surface area contributed by atoms with Crippen molar-refractivity contribution in [3.05, 3.63) is 0 Å². The SMILES string of the molecule is CC1(C)CCCCC1C(=O)N1CCN(CCC(=O)O)CC1. The van der Waals surface area contributed by atoms with Crippen LogP contribution in [0.2, 0.25) is 0 Å². The van der Waals surface area contributed by atoms with Crippen LogP contribution in [0, 0.1) is 11.3 Å². The molecule has 1 aliphatic heterocycles. The fraction of sp³-hybridized carbons (Fsp3) is 0.875. The maximum absolute atomic E-state index is 12.8. The van der Waals surface area contributed by atoms with Gasteiger partial charge in [-0.05, 0) is 18.3 Å². The first-order valence-corrected chi connectivity index (χ1v) is 8.13. The summed E-state index contributed by atoms with van der Waals surface area (Å²) in [6.07, 6.45) is 4.74. The first kappa shape index (κ1) is 16.3. The average molecular weight is 296 g/mol. The van der Waals surface area contributed by atoms with Gasteiger partial charge < -0.3 is 10.0 Å². The number of hydrogen-bond donors (Lipinski definition) is 1. The molecule has 1 aliphatic carbocycles. The third-order valence-electron chi connectivity index (χ3n) is 5.13. The topological polar surface area (TPSA) is 60.9 Å².